The van der Waals surface area contributed by atoms with E-state index in [4.69, 9.17) is 14.9 Å². The molecule has 0 aliphatic heterocycles. The second kappa shape index (κ2) is 11.3. The second-order valence-corrected chi connectivity index (χ2v) is 5.84. The summed E-state index contributed by atoms with van der Waals surface area (Å²) in [5.74, 6) is 1.85. The van der Waals surface area contributed by atoms with Crippen LogP contribution in [-0.4, -0.2) is 19.4 Å². The lowest BCUT2D eigenvalue weighted by Crippen LogP contribution is -1.98. The summed E-state index contributed by atoms with van der Waals surface area (Å²) in [6.45, 7) is 1.57. The van der Waals surface area contributed by atoms with Crippen molar-refractivity contribution >= 4 is 6.21 Å². The van der Waals surface area contributed by atoms with Crippen molar-refractivity contribution in [3.05, 3.63) is 60.2 Å². The van der Waals surface area contributed by atoms with E-state index in [1.165, 1.54) is 31.9 Å². The highest BCUT2D eigenvalue weighted by Gasteiger charge is 1.96. The van der Waals surface area contributed by atoms with Crippen molar-refractivity contribution in [2.24, 2.45) is 0 Å². The molecule has 2 aromatic carbocycles. The van der Waals surface area contributed by atoms with Gasteiger partial charge in [0.2, 0.25) is 0 Å². The fraction of sp³-hybridized carbons (Fsp3) is 0.381. The van der Waals surface area contributed by atoms with Crippen molar-refractivity contribution in [3.8, 4) is 11.5 Å². The van der Waals surface area contributed by atoms with E-state index in [-0.39, 0.29) is 0 Å². The van der Waals surface area contributed by atoms with E-state index >= 15 is 0 Å². The standard InChI is InChI=1S/C21H27NO2/c22-18-19-12-14-21(15-13-19)24-17-9-4-2-1-3-8-16-23-20-10-6-5-7-11-20/h5-7,10-15,18,22H,1-4,8-9,16-17H2. The van der Waals surface area contributed by atoms with Gasteiger partial charge >= 0.3 is 0 Å². The number of nitrogens with one attached hydrogen (secondary N) is 1. The van der Waals surface area contributed by atoms with Crippen LogP contribution in [0.15, 0.2) is 54.6 Å². The zero-order chi connectivity index (χ0) is 16.9. The summed E-state index contributed by atoms with van der Waals surface area (Å²) in [5, 5.41) is 7.16. The molecule has 3 heteroatoms. The first kappa shape index (κ1) is 18.1. The highest BCUT2D eigenvalue weighted by Crippen LogP contribution is 2.13. The molecule has 2 rings (SSSR count). The van der Waals surface area contributed by atoms with Gasteiger partial charge in [0.25, 0.3) is 0 Å². The molecule has 0 heterocycles. The fourth-order valence-corrected chi connectivity index (χ4v) is 2.47. The Hall–Kier alpha value is -2.29. The quantitative estimate of drug-likeness (QED) is 0.414. The predicted molar refractivity (Wildman–Crippen MR) is 99.5 cm³/mol. The summed E-state index contributed by atoms with van der Waals surface area (Å²) >= 11 is 0. The van der Waals surface area contributed by atoms with Crippen molar-refractivity contribution < 1.29 is 9.47 Å². The minimum atomic E-state index is 0.765. The highest BCUT2D eigenvalue weighted by atomic mass is 16.5. The molecule has 0 bridgehead atoms. The van der Waals surface area contributed by atoms with Gasteiger partial charge in [-0.3, -0.25) is 0 Å². The molecule has 0 amide bonds. The molecule has 24 heavy (non-hydrogen) atoms. The average Bonchev–Trinajstić information content (AvgIpc) is 2.64. The van der Waals surface area contributed by atoms with Gasteiger partial charge in [-0.25, -0.2) is 0 Å². The Balaban J connectivity index is 1.40. The Morgan fingerprint density at radius 3 is 1.67 bits per heavy atom. The molecule has 1 N–H and O–H groups in total. The average molecular weight is 325 g/mol. The van der Waals surface area contributed by atoms with Gasteiger partial charge in [0, 0.05) is 6.21 Å². The molecule has 0 aromatic heterocycles. The molecule has 0 unspecified atom stereocenters. The third-order valence-corrected chi connectivity index (χ3v) is 3.87. The first-order chi connectivity index (χ1) is 11.9. The monoisotopic (exact) mass is 325 g/mol. The number of para-hydroxylation sites is 1. The Morgan fingerprint density at radius 2 is 1.12 bits per heavy atom. The number of hydrogen-bond acceptors (Lipinski definition) is 3. The summed E-state index contributed by atoms with van der Waals surface area (Å²) in [5.41, 5.74) is 0.901. The Bertz CT molecular complexity index is 566. The van der Waals surface area contributed by atoms with Gasteiger partial charge in [-0.2, -0.15) is 0 Å². The van der Waals surface area contributed by atoms with Crippen LogP contribution in [0.25, 0.3) is 0 Å². The van der Waals surface area contributed by atoms with E-state index in [9.17, 15) is 0 Å². The van der Waals surface area contributed by atoms with Gasteiger partial charge in [-0.1, -0.05) is 43.9 Å². The smallest absolute Gasteiger partial charge is 0.119 e. The number of rotatable bonds is 12. The van der Waals surface area contributed by atoms with E-state index in [0.717, 1.165) is 43.1 Å². The van der Waals surface area contributed by atoms with Crippen LogP contribution in [-0.2, 0) is 0 Å². The summed E-state index contributed by atoms with van der Waals surface area (Å²) in [6, 6.07) is 17.7. The normalized spacial score (nSPS) is 10.3. The molecule has 0 fully saturated rings. The molecule has 0 aliphatic carbocycles. The molecular weight excluding hydrogens is 298 g/mol. The maximum Gasteiger partial charge on any atom is 0.119 e. The number of hydrogen-bond donors (Lipinski definition) is 1. The van der Waals surface area contributed by atoms with Gasteiger partial charge in [0.15, 0.2) is 0 Å². The minimum absolute atomic E-state index is 0.765. The van der Waals surface area contributed by atoms with E-state index in [1.807, 2.05) is 54.6 Å². The number of benzene rings is 2. The van der Waals surface area contributed by atoms with Gasteiger partial charge in [-0.05, 0) is 54.8 Å². The SMILES string of the molecule is N=Cc1ccc(OCCCCCCCCOc2ccccc2)cc1. The van der Waals surface area contributed by atoms with Crippen LogP contribution in [0, 0.1) is 5.41 Å². The van der Waals surface area contributed by atoms with Gasteiger partial charge in [0.05, 0.1) is 13.2 Å². The van der Waals surface area contributed by atoms with Crippen LogP contribution < -0.4 is 9.47 Å². The summed E-state index contributed by atoms with van der Waals surface area (Å²) < 4.78 is 11.4. The van der Waals surface area contributed by atoms with Crippen molar-refractivity contribution in [2.45, 2.75) is 38.5 Å². The van der Waals surface area contributed by atoms with Crippen LogP contribution >= 0.6 is 0 Å². The van der Waals surface area contributed by atoms with Crippen LogP contribution in [0.5, 0.6) is 11.5 Å². The van der Waals surface area contributed by atoms with Gasteiger partial charge < -0.3 is 14.9 Å². The first-order valence-corrected chi connectivity index (χ1v) is 8.79. The van der Waals surface area contributed by atoms with E-state index in [2.05, 4.69) is 0 Å². The largest absolute Gasteiger partial charge is 0.494 e. The van der Waals surface area contributed by atoms with Crippen LogP contribution in [0.2, 0.25) is 0 Å². The molecule has 2 aromatic rings. The maximum atomic E-state index is 7.16. The third kappa shape index (κ3) is 7.32. The highest BCUT2D eigenvalue weighted by molar-refractivity contribution is 5.76. The van der Waals surface area contributed by atoms with Crippen molar-refractivity contribution in [1.29, 1.82) is 5.41 Å². The lowest BCUT2D eigenvalue weighted by Gasteiger charge is -2.07. The summed E-state index contributed by atoms with van der Waals surface area (Å²) in [7, 11) is 0. The predicted octanol–water partition coefficient (Wildman–Crippen LogP) is 5.48. The minimum Gasteiger partial charge on any atom is -0.494 e. The van der Waals surface area contributed by atoms with Crippen LogP contribution in [0.4, 0.5) is 0 Å². The first-order valence-electron chi connectivity index (χ1n) is 8.79. The second-order valence-electron chi connectivity index (χ2n) is 5.84. The number of unbranched alkanes of at least 4 members (excludes halogenated alkanes) is 5. The molecule has 0 atom stereocenters. The molecule has 128 valence electrons. The number of ether oxygens (including phenoxy) is 2. The van der Waals surface area contributed by atoms with Crippen molar-refractivity contribution in [1.82, 2.24) is 0 Å². The van der Waals surface area contributed by atoms with E-state index in [1.54, 1.807) is 0 Å². The summed E-state index contributed by atoms with van der Waals surface area (Å²) in [6.07, 6.45) is 8.48. The zero-order valence-electron chi connectivity index (χ0n) is 14.2. The molecule has 0 radical (unpaired) electrons. The maximum absolute atomic E-state index is 7.16. The third-order valence-electron chi connectivity index (χ3n) is 3.87. The fourth-order valence-electron chi connectivity index (χ4n) is 2.47. The lowest BCUT2D eigenvalue weighted by molar-refractivity contribution is 0.297. The molecule has 0 spiro atoms. The van der Waals surface area contributed by atoms with Crippen molar-refractivity contribution in [2.75, 3.05) is 13.2 Å². The summed E-state index contributed by atoms with van der Waals surface area (Å²) in [4.78, 5) is 0. The van der Waals surface area contributed by atoms with Crippen molar-refractivity contribution in [3.63, 3.8) is 0 Å². The van der Waals surface area contributed by atoms with E-state index in [0.29, 0.717) is 0 Å². The van der Waals surface area contributed by atoms with Crippen LogP contribution in [0.3, 0.4) is 0 Å². The molecular formula is C21H27NO2. The Labute approximate surface area is 145 Å². The molecule has 0 aliphatic rings. The molecule has 0 saturated carbocycles. The lowest BCUT2D eigenvalue weighted by atomic mass is 10.1. The Kier molecular flexibility index (Phi) is 8.48. The zero-order valence-corrected chi connectivity index (χ0v) is 14.2. The topological polar surface area (TPSA) is 42.3 Å². The Morgan fingerprint density at radius 1 is 0.625 bits per heavy atom. The van der Waals surface area contributed by atoms with Gasteiger partial charge in [-0.15, -0.1) is 0 Å². The van der Waals surface area contributed by atoms with Gasteiger partial charge in [0.1, 0.15) is 11.5 Å². The molecule has 3 nitrogen and oxygen atoms in total. The molecule has 0 saturated heterocycles. The van der Waals surface area contributed by atoms with Crippen LogP contribution in [0.1, 0.15) is 44.1 Å². The van der Waals surface area contributed by atoms with E-state index < -0.39 is 0 Å².